The molecule has 1 fully saturated rings. The van der Waals surface area contributed by atoms with Gasteiger partial charge in [-0.25, -0.2) is 4.79 Å². The van der Waals surface area contributed by atoms with Crippen molar-refractivity contribution in [1.29, 1.82) is 0 Å². The Morgan fingerprint density at radius 3 is 2.54 bits per heavy atom. The largest absolute Gasteiger partial charge is 0.334 e. The van der Waals surface area contributed by atoms with Crippen molar-refractivity contribution in [3.63, 3.8) is 0 Å². The lowest BCUT2D eigenvalue weighted by Gasteiger charge is -2.30. The van der Waals surface area contributed by atoms with Gasteiger partial charge in [0.05, 0.1) is 6.04 Å². The zero-order valence-corrected chi connectivity index (χ0v) is 14.5. The van der Waals surface area contributed by atoms with Gasteiger partial charge in [-0.2, -0.15) is 0 Å². The van der Waals surface area contributed by atoms with Gasteiger partial charge < -0.3 is 10.2 Å². The van der Waals surface area contributed by atoms with E-state index in [1.54, 1.807) is 0 Å². The minimum atomic E-state index is 0.0145. The summed E-state index contributed by atoms with van der Waals surface area (Å²) in [6.45, 7) is 1.36. The van der Waals surface area contributed by atoms with Crippen molar-refractivity contribution >= 4 is 17.6 Å². The maximum absolute atomic E-state index is 12.8. The van der Waals surface area contributed by atoms with Gasteiger partial charge >= 0.3 is 6.03 Å². The predicted octanol–water partition coefficient (Wildman–Crippen LogP) is 5.17. The molecule has 2 amide bonds. The van der Waals surface area contributed by atoms with Crippen LogP contribution in [-0.2, 0) is 6.54 Å². The Bertz CT molecular complexity index is 657. The minimum absolute atomic E-state index is 0.0145. The molecule has 3 rings (SSSR count). The molecule has 24 heavy (non-hydrogen) atoms. The number of carbonyl (C=O) groups is 1. The van der Waals surface area contributed by atoms with Crippen molar-refractivity contribution < 1.29 is 4.79 Å². The number of rotatable bonds is 3. The van der Waals surface area contributed by atoms with Crippen LogP contribution in [-0.4, -0.2) is 17.5 Å². The van der Waals surface area contributed by atoms with Crippen molar-refractivity contribution in [2.45, 2.75) is 38.3 Å². The van der Waals surface area contributed by atoms with E-state index in [1.165, 1.54) is 6.42 Å². The summed E-state index contributed by atoms with van der Waals surface area (Å²) in [7, 11) is 0. The molecular formula is C20H23ClN2O. The third-order valence-corrected chi connectivity index (χ3v) is 4.81. The van der Waals surface area contributed by atoms with E-state index in [4.69, 9.17) is 11.6 Å². The highest BCUT2D eigenvalue weighted by Crippen LogP contribution is 2.30. The second-order valence-corrected chi connectivity index (χ2v) is 6.69. The zero-order valence-electron chi connectivity index (χ0n) is 13.7. The average Bonchev–Trinajstić information content (AvgIpc) is 2.87. The van der Waals surface area contributed by atoms with E-state index >= 15 is 0 Å². The molecule has 0 spiro atoms. The van der Waals surface area contributed by atoms with E-state index in [0.29, 0.717) is 6.54 Å². The van der Waals surface area contributed by atoms with E-state index < -0.39 is 0 Å². The maximum Gasteiger partial charge on any atom is 0.318 e. The van der Waals surface area contributed by atoms with E-state index in [9.17, 15) is 4.79 Å². The Kier molecular flexibility index (Phi) is 5.76. The second kappa shape index (κ2) is 8.20. The fraction of sp³-hybridized carbons (Fsp3) is 0.350. The van der Waals surface area contributed by atoms with E-state index in [0.717, 1.165) is 42.0 Å². The first kappa shape index (κ1) is 16.8. The van der Waals surface area contributed by atoms with Crippen LogP contribution in [0.15, 0.2) is 54.6 Å². The summed E-state index contributed by atoms with van der Waals surface area (Å²) in [6.07, 6.45) is 4.38. The van der Waals surface area contributed by atoms with Crippen molar-refractivity contribution in [1.82, 2.24) is 10.2 Å². The first-order valence-corrected chi connectivity index (χ1v) is 8.96. The summed E-state index contributed by atoms with van der Waals surface area (Å²) in [5.41, 5.74) is 2.28. The molecule has 1 atom stereocenters. The summed E-state index contributed by atoms with van der Waals surface area (Å²) >= 11 is 6.01. The number of halogens is 1. The number of carbonyl (C=O) groups excluding carboxylic acids is 1. The average molecular weight is 343 g/mol. The molecule has 0 saturated carbocycles. The predicted molar refractivity (Wildman–Crippen MR) is 98.0 cm³/mol. The van der Waals surface area contributed by atoms with Gasteiger partial charge in [-0.05, 0) is 36.1 Å². The summed E-state index contributed by atoms with van der Waals surface area (Å²) in [4.78, 5) is 14.7. The fourth-order valence-corrected chi connectivity index (χ4v) is 3.38. The third-order valence-electron chi connectivity index (χ3n) is 4.56. The van der Waals surface area contributed by atoms with Crippen molar-refractivity contribution in [2.75, 3.05) is 6.54 Å². The summed E-state index contributed by atoms with van der Waals surface area (Å²) in [5, 5.41) is 3.80. The number of hydrogen-bond donors (Lipinski definition) is 1. The number of amides is 2. The SMILES string of the molecule is O=C(NCc1ccccc1)N1CCCCCC1c1ccc(Cl)cc1. The number of likely N-dealkylation sites (tertiary alicyclic amines) is 1. The van der Waals surface area contributed by atoms with Gasteiger partial charge in [-0.15, -0.1) is 0 Å². The summed E-state index contributed by atoms with van der Waals surface area (Å²) in [6, 6.07) is 18.0. The molecule has 3 nitrogen and oxygen atoms in total. The van der Waals surface area contributed by atoms with Crippen LogP contribution in [0.3, 0.4) is 0 Å². The van der Waals surface area contributed by atoms with Crippen LogP contribution in [0.2, 0.25) is 5.02 Å². The molecule has 1 saturated heterocycles. The molecule has 2 aromatic rings. The van der Waals surface area contributed by atoms with Gasteiger partial charge in [0.1, 0.15) is 0 Å². The topological polar surface area (TPSA) is 32.3 Å². The van der Waals surface area contributed by atoms with Crippen molar-refractivity contribution in [3.8, 4) is 0 Å². The van der Waals surface area contributed by atoms with Crippen LogP contribution in [0.25, 0.3) is 0 Å². The third kappa shape index (κ3) is 4.30. The number of hydrogen-bond acceptors (Lipinski definition) is 1. The van der Waals surface area contributed by atoms with Crippen molar-refractivity contribution in [3.05, 3.63) is 70.7 Å². The Balaban J connectivity index is 1.71. The smallest absolute Gasteiger partial charge is 0.318 e. The zero-order chi connectivity index (χ0) is 16.8. The molecule has 126 valence electrons. The minimum Gasteiger partial charge on any atom is -0.334 e. The Hall–Kier alpha value is -2.00. The monoisotopic (exact) mass is 342 g/mol. The fourth-order valence-electron chi connectivity index (χ4n) is 3.26. The van der Waals surface area contributed by atoms with Crippen molar-refractivity contribution in [2.24, 2.45) is 0 Å². The number of nitrogens with zero attached hydrogens (tertiary/aromatic N) is 1. The number of benzene rings is 2. The van der Waals surface area contributed by atoms with Gasteiger partial charge in [0.2, 0.25) is 0 Å². The molecular weight excluding hydrogens is 320 g/mol. The lowest BCUT2D eigenvalue weighted by atomic mass is 10.0. The molecule has 1 aliphatic rings. The van der Waals surface area contributed by atoms with Crippen LogP contribution in [0.4, 0.5) is 4.79 Å². The Labute approximate surface area is 148 Å². The van der Waals surface area contributed by atoms with E-state index in [1.807, 2.05) is 59.5 Å². The second-order valence-electron chi connectivity index (χ2n) is 6.25. The Morgan fingerprint density at radius 1 is 1.04 bits per heavy atom. The number of urea groups is 1. The van der Waals surface area contributed by atoms with Gasteiger partial charge in [-0.1, -0.05) is 66.9 Å². The van der Waals surface area contributed by atoms with Gasteiger partial charge in [0.15, 0.2) is 0 Å². The highest BCUT2D eigenvalue weighted by atomic mass is 35.5. The highest BCUT2D eigenvalue weighted by molar-refractivity contribution is 6.30. The quantitative estimate of drug-likeness (QED) is 0.820. The van der Waals surface area contributed by atoms with Crippen LogP contribution < -0.4 is 5.32 Å². The molecule has 0 radical (unpaired) electrons. The molecule has 0 aromatic heterocycles. The van der Waals surface area contributed by atoms with E-state index in [2.05, 4.69) is 5.32 Å². The van der Waals surface area contributed by atoms with Gasteiger partial charge in [-0.3, -0.25) is 0 Å². The van der Waals surface area contributed by atoms with Gasteiger partial charge in [0, 0.05) is 18.1 Å². The molecule has 0 bridgehead atoms. The number of nitrogens with one attached hydrogen (secondary N) is 1. The molecule has 2 aromatic carbocycles. The van der Waals surface area contributed by atoms with Crippen LogP contribution in [0, 0.1) is 0 Å². The molecule has 1 heterocycles. The first-order valence-electron chi connectivity index (χ1n) is 8.58. The molecule has 4 heteroatoms. The van der Waals surface area contributed by atoms with Crippen LogP contribution in [0.1, 0.15) is 42.9 Å². The summed E-state index contributed by atoms with van der Waals surface area (Å²) < 4.78 is 0. The van der Waals surface area contributed by atoms with Gasteiger partial charge in [0.25, 0.3) is 0 Å². The first-order chi connectivity index (χ1) is 11.7. The lowest BCUT2D eigenvalue weighted by Crippen LogP contribution is -2.41. The standard InChI is InChI=1S/C20H23ClN2O/c21-18-12-10-17(11-13-18)19-9-5-2-6-14-23(19)20(24)22-15-16-7-3-1-4-8-16/h1,3-4,7-8,10-13,19H,2,5-6,9,14-15H2,(H,22,24). The van der Waals surface area contributed by atoms with Crippen LogP contribution >= 0.6 is 11.6 Å². The highest BCUT2D eigenvalue weighted by Gasteiger charge is 2.26. The summed E-state index contributed by atoms with van der Waals surface area (Å²) in [5.74, 6) is 0. The molecule has 1 aliphatic heterocycles. The van der Waals surface area contributed by atoms with Crippen LogP contribution in [0.5, 0.6) is 0 Å². The molecule has 1 N–H and O–H groups in total. The molecule has 1 unspecified atom stereocenters. The Morgan fingerprint density at radius 2 is 1.79 bits per heavy atom. The maximum atomic E-state index is 12.8. The normalized spacial score (nSPS) is 18.0. The lowest BCUT2D eigenvalue weighted by molar-refractivity contribution is 0.175. The van der Waals surface area contributed by atoms with E-state index in [-0.39, 0.29) is 12.1 Å². The molecule has 0 aliphatic carbocycles.